The van der Waals surface area contributed by atoms with Gasteiger partial charge in [0.15, 0.2) is 6.10 Å². The van der Waals surface area contributed by atoms with Crippen molar-refractivity contribution >= 4 is 11.6 Å². The lowest BCUT2D eigenvalue weighted by molar-refractivity contribution is -0.191. The highest BCUT2D eigenvalue weighted by atomic mass is 19.4. The Morgan fingerprint density at radius 3 is 2.60 bits per heavy atom. The van der Waals surface area contributed by atoms with E-state index in [1.54, 1.807) is 23.1 Å². The number of carbonyl (C=O) groups excluding carboxylic acids is 1. The molecule has 0 aliphatic carbocycles. The molecule has 186 valence electrons. The van der Waals surface area contributed by atoms with E-state index in [-0.39, 0.29) is 23.8 Å². The van der Waals surface area contributed by atoms with Gasteiger partial charge in [-0.25, -0.2) is 0 Å². The van der Waals surface area contributed by atoms with Crippen LogP contribution in [0, 0.1) is 0 Å². The summed E-state index contributed by atoms with van der Waals surface area (Å²) in [7, 11) is 0. The van der Waals surface area contributed by atoms with Crippen LogP contribution in [-0.4, -0.2) is 41.4 Å². The van der Waals surface area contributed by atoms with E-state index in [4.69, 9.17) is 10.3 Å². The number of rotatable bonds is 6. The molecule has 1 atom stereocenters. The highest BCUT2D eigenvalue weighted by molar-refractivity contribution is 5.82. The van der Waals surface area contributed by atoms with Gasteiger partial charge >= 0.3 is 12.4 Å². The summed E-state index contributed by atoms with van der Waals surface area (Å²) in [5.74, 6) is -1.62. The Hall–Kier alpha value is -3.77. The number of carbonyl (C=O) groups is 1. The minimum atomic E-state index is -5.00. The molecule has 7 nitrogen and oxygen atoms in total. The Morgan fingerprint density at radius 1 is 1.20 bits per heavy atom. The average Bonchev–Trinajstić information content (AvgIpc) is 3.40. The van der Waals surface area contributed by atoms with Crippen LogP contribution in [-0.2, 0) is 17.4 Å². The third-order valence-electron chi connectivity index (χ3n) is 5.43. The number of aromatic nitrogens is 2. The molecule has 3 aromatic rings. The lowest BCUT2D eigenvalue weighted by atomic mass is 10.0. The van der Waals surface area contributed by atoms with Gasteiger partial charge in [-0.1, -0.05) is 17.3 Å². The largest absolute Gasteiger partial charge is 0.481 e. The van der Waals surface area contributed by atoms with E-state index in [0.717, 1.165) is 23.4 Å². The number of hydrogen-bond acceptors (Lipinski definition) is 6. The van der Waals surface area contributed by atoms with Crippen LogP contribution >= 0.6 is 0 Å². The second kappa shape index (κ2) is 8.78. The zero-order valence-corrected chi connectivity index (χ0v) is 18.1. The number of hydrogen-bond donors (Lipinski definition) is 1. The Labute approximate surface area is 194 Å². The Morgan fingerprint density at radius 2 is 1.94 bits per heavy atom. The van der Waals surface area contributed by atoms with Gasteiger partial charge in [0.25, 0.3) is 5.89 Å². The Kier molecular flexibility index (Phi) is 6.11. The molecule has 2 heterocycles. The molecule has 0 bridgehead atoms. The summed E-state index contributed by atoms with van der Waals surface area (Å²) in [5.41, 5.74) is 5.87. The van der Waals surface area contributed by atoms with Crippen molar-refractivity contribution < 1.29 is 40.4 Å². The minimum absolute atomic E-state index is 0.0234. The van der Waals surface area contributed by atoms with E-state index in [1.165, 1.54) is 0 Å². The first-order chi connectivity index (χ1) is 16.3. The van der Waals surface area contributed by atoms with E-state index in [0.29, 0.717) is 31.5 Å². The molecule has 2 aromatic carbocycles. The van der Waals surface area contributed by atoms with Crippen molar-refractivity contribution in [2.75, 3.05) is 18.0 Å². The molecule has 35 heavy (non-hydrogen) atoms. The summed E-state index contributed by atoms with van der Waals surface area (Å²) < 4.78 is 88.8. The van der Waals surface area contributed by atoms with Gasteiger partial charge in [-0.3, -0.25) is 4.79 Å². The molecule has 1 unspecified atom stereocenters. The molecule has 13 heteroatoms. The van der Waals surface area contributed by atoms with Crippen LogP contribution in [0.5, 0.6) is 5.75 Å². The smallest absolute Gasteiger partial charge is 0.425 e. The maximum Gasteiger partial charge on any atom is 0.425 e. The zero-order chi connectivity index (χ0) is 25.5. The summed E-state index contributed by atoms with van der Waals surface area (Å²) in [4.78, 5) is 17.3. The van der Waals surface area contributed by atoms with Crippen LogP contribution in [0.1, 0.15) is 18.1 Å². The second-order valence-corrected chi connectivity index (χ2v) is 7.87. The van der Waals surface area contributed by atoms with E-state index < -0.39 is 35.7 Å². The predicted molar refractivity (Wildman–Crippen MR) is 111 cm³/mol. The number of amides is 1. The highest BCUT2D eigenvalue weighted by Gasteiger charge is 2.41. The van der Waals surface area contributed by atoms with Gasteiger partial charge < -0.3 is 19.9 Å². The number of ether oxygens (including phenoxy) is 1. The monoisotopic (exact) mass is 500 g/mol. The molecule has 1 aliphatic heterocycles. The molecule has 0 saturated carbocycles. The molecule has 1 amide bonds. The van der Waals surface area contributed by atoms with Gasteiger partial charge in [0, 0.05) is 23.4 Å². The number of alkyl halides is 6. The first-order valence-corrected chi connectivity index (χ1v) is 10.3. The van der Waals surface area contributed by atoms with E-state index in [1.807, 2.05) is 0 Å². The number of halogens is 6. The molecule has 1 aromatic heterocycles. The molecule has 0 spiro atoms. The van der Waals surface area contributed by atoms with Gasteiger partial charge in [-0.15, -0.1) is 0 Å². The van der Waals surface area contributed by atoms with Crippen molar-refractivity contribution in [2.45, 2.75) is 31.8 Å². The molecular weight excluding hydrogens is 482 g/mol. The lowest BCUT2D eigenvalue weighted by Gasteiger charge is -2.20. The Balaban J connectivity index is 1.67. The topological polar surface area (TPSA) is 94.5 Å². The van der Waals surface area contributed by atoms with Gasteiger partial charge in [0.05, 0.1) is 12.1 Å². The van der Waals surface area contributed by atoms with Gasteiger partial charge in [-0.05, 0) is 43.2 Å². The first kappa shape index (κ1) is 24.4. The zero-order valence-electron chi connectivity index (χ0n) is 18.1. The van der Waals surface area contributed by atoms with Crippen LogP contribution in [0.3, 0.4) is 0 Å². The fraction of sp³-hybridized carbons (Fsp3) is 0.318. The number of primary amides is 1. The number of nitrogens with two attached hydrogens (primary N) is 1. The number of nitrogens with zero attached hydrogens (tertiary/aromatic N) is 3. The van der Waals surface area contributed by atoms with Gasteiger partial charge in [0.1, 0.15) is 5.75 Å². The predicted octanol–water partition coefficient (Wildman–Crippen LogP) is 4.60. The quantitative estimate of drug-likeness (QED) is 0.498. The van der Waals surface area contributed by atoms with Crippen molar-refractivity contribution in [1.82, 2.24) is 10.1 Å². The minimum Gasteiger partial charge on any atom is -0.481 e. The van der Waals surface area contributed by atoms with Crippen LogP contribution in [0.15, 0.2) is 40.9 Å². The number of benzene rings is 2. The summed E-state index contributed by atoms with van der Waals surface area (Å²) in [6.45, 7) is 1.17. The van der Waals surface area contributed by atoms with Crippen LogP contribution in [0.2, 0.25) is 0 Å². The number of anilines is 1. The Bertz CT molecular complexity index is 1250. The molecule has 4 rings (SSSR count). The molecule has 0 fully saturated rings. The van der Waals surface area contributed by atoms with Crippen molar-refractivity contribution in [3.05, 3.63) is 47.5 Å². The maximum atomic E-state index is 13.6. The van der Waals surface area contributed by atoms with Crippen LogP contribution in [0.25, 0.3) is 22.8 Å². The van der Waals surface area contributed by atoms with Crippen molar-refractivity contribution in [2.24, 2.45) is 5.73 Å². The summed E-state index contributed by atoms with van der Waals surface area (Å²) in [6, 6.07) is 7.70. The van der Waals surface area contributed by atoms with Crippen molar-refractivity contribution in [1.29, 1.82) is 0 Å². The fourth-order valence-corrected chi connectivity index (χ4v) is 3.76. The number of fused-ring (bicyclic) bond motifs is 1. The molecule has 0 saturated heterocycles. The lowest BCUT2D eigenvalue weighted by Crippen LogP contribution is -2.32. The van der Waals surface area contributed by atoms with Gasteiger partial charge in [0.2, 0.25) is 11.7 Å². The average molecular weight is 500 g/mol. The van der Waals surface area contributed by atoms with Crippen LogP contribution in [0.4, 0.5) is 32.0 Å². The summed E-state index contributed by atoms with van der Waals surface area (Å²) >= 11 is 0. The van der Waals surface area contributed by atoms with E-state index in [2.05, 4.69) is 14.9 Å². The summed E-state index contributed by atoms with van der Waals surface area (Å²) in [5, 5.41) is 3.86. The van der Waals surface area contributed by atoms with Gasteiger partial charge in [-0.2, -0.15) is 31.3 Å². The summed E-state index contributed by atoms with van der Waals surface area (Å²) in [6.07, 6.45) is -11.7. The third-order valence-corrected chi connectivity index (χ3v) is 5.43. The third kappa shape index (κ3) is 5.03. The molecule has 2 N–H and O–H groups in total. The SMILES string of the molecule is CC(Oc1ccc(-c2nc(-c3cccc4c3CCN4CC(N)=O)no2)cc1C(F)(F)F)C(F)(F)F. The van der Waals surface area contributed by atoms with Crippen LogP contribution < -0.4 is 15.4 Å². The highest BCUT2D eigenvalue weighted by Crippen LogP contribution is 2.41. The second-order valence-electron chi connectivity index (χ2n) is 7.87. The molecule has 1 aliphatic rings. The molecular formula is C22H18F6N4O3. The van der Waals surface area contributed by atoms with Crippen molar-refractivity contribution in [3.63, 3.8) is 0 Å². The van der Waals surface area contributed by atoms with Crippen molar-refractivity contribution in [3.8, 4) is 28.6 Å². The van der Waals surface area contributed by atoms with E-state index in [9.17, 15) is 31.1 Å². The molecule has 0 radical (unpaired) electrons. The normalized spacial score (nSPS) is 14.7. The first-order valence-electron chi connectivity index (χ1n) is 10.3. The van der Waals surface area contributed by atoms with E-state index >= 15 is 0 Å². The fourth-order valence-electron chi connectivity index (χ4n) is 3.76. The maximum absolute atomic E-state index is 13.6. The standard InChI is InChI=1S/C22H18F6N4O3/c1-11(21(23,24)25)34-17-6-5-12(9-15(17)22(26,27)28)20-30-19(31-35-20)14-3-2-4-16-13(14)7-8-32(16)10-18(29)33/h2-6,9,11H,7-8,10H2,1H3,(H2,29,33).